The maximum absolute atomic E-state index is 4.00. The molecule has 1 nitrogen and oxygen atoms in total. The molecule has 2 aromatic rings. The second-order valence-electron chi connectivity index (χ2n) is 5.43. The second-order valence-corrected chi connectivity index (χ2v) is 5.43. The van der Waals surface area contributed by atoms with Crippen LogP contribution in [-0.2, 0) is 12.8 Å². The molecule has 0 aliphatic rings. The van der Waals surface area contributed by atoms with Gasteiger partial charge in [0.2, 0.25) is 0 Å². The smallest absolute Gasteiger partial charge is 0.0399 e. The Morgan fingerprint density at radius 3 is 2.30 bits per heavy atom. The first-order valence-electron chi connectivity index (χ1n) is 7.14. The Hall–Kier alpha value is -2.02. The van der Waals surface area contributed by atoms with Gasteiger partial charge >= 0.3 is 0 Å². The van der Waals surface area contributed by atoms with Crippen molar-refractivity contribution in [2.45, 2.75) is 19.8 Å². The third kappa shape index (κ3) is 3.99. The second kappa shape index (κ2) is 6.95. The highest BCUT2D eigenvalue weighted by molar-refractivity contribution is 5.54. The molecule has 0 amide bonds. The monoisotopic (exact) mass is 265 g/mol. The molecule has 0 aliphatic heterocycles. The summed E-state index contributed by atoms with van der Waals surface area (Å²) in [6, 6.07) is 19.3. The van der Waals surface area contributed by atoms with E-state index >= 15 is 0 Å². The van der Waals surface area contributed by atoms with Gasteiger partial charge in [-0.15, -0.1) is 0 Å². The lowest BCUT2D eigenvalue weighted by atomic mass is 10.0. The summed E-state index contributed by atoms with van der Waals surface area (Å²) in [4.78, 5) is 2.28. The van der Waals surface area contributed by atoms with Gasteiger partial charge in [0.05, 0.1) is 0 Å². The molecular formula is C19H23N. The lowest BCUT2D eigenvalue weighted by molar-refractivity contribution is 0.922. The van der Waals surface area contributed by atoms with Gasteiger partial charge in [0.1, 0.15) is 0 Å². The van der Waals surface area contributed by atoms with Gasteiger partial charge in [0.25, 0.3) is 0 Å². The average molecular weight is 265 g/mol. The highest BCUT2D eigenvalue weighted by atomic mass is 15.1. The minimum atomic E-state index is 0.905. The number of rotatable bonds is 6. The van der Waals surface area contributed by atoms with Gasteiger partial charge in [-0.25, -0.2) is 0 Å². The molecule has 0 bridgehead atoms. The van der Waals surface area contributed by atoms with Crippen molar-refractivity contribution in [3.63, 3.8) is 0 Å². The van der Waals surface area contributed by atoms with Gasteiger partial charge in [-0.2, -0.15) is 0 Å². The summed E-state index contributed by atoms with van der Waals surface area (Å²) < 4.78 is 0. The van der Waals surface area contributed by atoms with E-state index in [-0.39, 0.29) is 0 Å². The molecule has 0 heterocycles. The number of hydrogen-bond acceptors (Lipinski definition) is 1. The van der Waals surface area contributed by atoms with Crippen molar-refractivity contribution in [2.24, 2.45) is 0 Å². The van der Waals surface area contributed by atoms with Crippen LogP contribution in [0.4, 0.5) is 5.69 Å². The average Bonchev–Trinajstić information content (AvgIpc) is 2.46. The number of aryl methyl sites for hydroxylation is 2. The minimum Gasteiger partial charge on any atom is -0.370 e. The Balaban J connectivity index is 2.09. The number of likely N-dealkylation sites (N-methyl/N-ethyl adjacent to an activating group) is 1. The van der Waals surface area contributed by atoms with Crippen molar-refractivity contribution < 1.29 is 0 Å². The van der Waals surface area contributed by atoms with Gasteiger partial charge in [-0.05, 0) is 37.0 Å². The van der Waals surface area contributed by atoms with Crippen LogP contribution in [0.5, 0.6) is 0 Å². The van der Waals surface area contributed by atoms with Gasteiger partial charge in [-0.3, -0.25) is 0 Å². The lowest BCUT2D eigenvalue weighted by Crippen LogP contribution is -2.20. The fourth-order valence-corrected chi connectivity index (χ4v) is 2.51. The first-order chi connectivity index (χ1) is 9.66. The summed E-state index contributed by atoms with van der Waals surface area (Å²) in [6.07, 6.45) is 2.15. The Kier molecular flexibility index (Phi) is 5.00. The van der Waals surface area contributed by atoms with E-state index in [1.165, 1.54) is 22.4 Å². The number of benzene rings is 2. The predicted octanol–water partition coefficient (Wildman–Crippen LogP) is 4.48. The van der Waals surface area contributed by atoms with Gasteiger partial charge in [0, 0.05) is 19.3 Å². The Morgan fingerprint density at radius 2 is 1.60 bits per heavy atom. The highest BCUT2D eigenvalue weighted by Gasteiger charge is 2.07. The molecular weight excluding hydrogens is 242 g/mol. The summed E-state index contributed by atoms with van der Waals surface area (Å²) in [5, 5.41) is 0. The van der Waals surface area contributed by atoms with Crippen LogP contribution in [0.3, 0.4) is 0 Å². The summed E-state index contributed by atoms with van der Waals surface area (Å²) in [7, 11) is 2.13. The standard InChI is InChI=1S/C19H23N/c1-16(2)15-20(3)19-12-8-7-11-18(19)14-13-17-9-5-4-6-10-17/h4-12H,1,13-15H2,2-3H3. The topological polar surface area (TPSA) is 3.24 Å². The normalized spacial score (nSPS) is 10.3. The summed E-state index contributed by atoms with van der Waals surface area (Å²) in [5.74, 6) is 0. The van der Waals surface area contributed by atoms with E-state index in [0.29, 0.717) is 0 Å². The molecule has 0 atom stereocenters. The van der Waals surface area contributed by atoms with Crippen molar-refractivity contribution in [1.82, 2.24) is 0 Å². The van der Waals surface area contributed by atoms with Gasteiger partial charge in [0.15, 0.2) is 0 Å². The van der Waals surface area contributed by atoms with Crippen LogP contribution >= 0.6 is 0 Å². The van der Waals surface area contributed by atoms with Crippen molar-refractivity contribution >= 4 is 5.69 Å². The summed E-state index contributed by atoms with van der Waals surface area (Å²) in [6.45, 7) is 6.98. The first kappa shape index (κ1) is 14.4. The predicted molar refractivity (Wildman–Crippen MR) is 88.4 cm³/mol. The molecule has 0 unspecified atom stereocenters. The van der Waals surface area contributed by atoms with Crippen LogP contribution in [0.2, 0.25) is 0 Å². The molecule has 2 aromatic carbocycles. The number of nitrogens with zero attached hydrogens (tertiary/aromatic N) is 1. The van der Waals surface area contributed by atoms with E-state index in [0.717, 1.165) is 19.4 Å². The third-order valence-electron chi connectivity index (χ3n) is 3.44. The van der Waals surface area contributed by atoms with Crippen LogP contribution in [0, 0.1) is 0 Å². The molecule has 20 heavy (non-hydrogen) atoms. The fraction of sp³-hybridized carbons (Fsp3) is 0.263. The van der Waals surface area contributed by atoms with Crippen molar-refractivity contribution in [3.8, 4) is 0 Å². The molecule has 0 aromatic heterocycles. The van der Waals surface area contributed by atoms with Crippen LogP contribution in [0.15, 0.2) is 66.7 Å². The Labute approximate surface area is 122 Å². The van der Waals surface area contributed by atoms with Gasteiger partial charge in [-0.1, -0.05) is 60.7 Å². The van der Waals surface area contributed by atoms with Crippen molar-refractivity contribution in [3.05, 3.63) is 77.9 Å². The maximum Gasteiger partial charge on any atom is 0.0399 e. The molecule has 0 saturated heterocycles. The largest absolute Gasteiger partial charge is 0.370 e. The third-order valence-corrected chi connectivity index (χ3v) is 3.44. The van der Waals surface area contributed by atoms with Crippen molar-refractivity contribution in [1.29, 1.82) is 0 Å². The number of para-hydroxylation sites is 1. The number of hydrogen-bond donors (Lipinski definition) is 0. The summed E-state index contributed by atoms with van der Waals surface area (Å²) >= 11 is 0. The van der Waals surface area contributed by atoms with Gasteiger partial charge < -0.3 is 4.90 Å². The zero-order valence-corrected chi connectivity index (χ0v) is 12.5. The maximum atomic E-state index is 4.00. The Morgan fingerprint density at radius 1 is 0.950 bits per heavy atom. The van der Waals surface area contributed by atoms with Crippen molar-refractivity contribution in [2.75, 3.05) is 18.5 Å². The summed E-state index contributed by atoms with van der Waals surface area (Å²) in [5.41, 5.74) is 5.29. The number of anilines is 1. The molecule has 0 saturated carbocycles. The quantitative estimate of drug-likeness (QED) is 0.696. The first-order valence-corrected chi connectivity index (χ1v) is 7.14. The molecule has 0 radical (unpaired) electrons. The molecule has 1 heteroatoms. The fourth-order valence-electron chi connectivity index (χ4n) is 2.51. The molecule has 0 aliphatic carbocycles. The lowest BCUT2D eigenvalue weighted by Gasteiger charge is -2.22. The van der Waals surface area contributed by atoms with Crippen LogP contribution in [0.1, 0.15) is 18.1 Å². The van der Waals surface area contributed by atoms with E-state index in [1.54, 1.807) is 0 Å². The Bertz CT molecular complexity index is 557. The molecule has 2 rings (SSSR count). The van der Waals surface area contributed by atoms with Crippen LogP contribution < -0.4 is 4.90 Å². The van der Waals surface area contributed by atoms with E-state index < -0.39 is 0 Å². The highest BCUT2D eigenvalue weighted by Crippen LogP contribution is 2.21. The molecule has 0 fully saturated rings. The van der Waals surface area contributed by atoms with E-state index in [2.05, 4.69) is 80.0 Å². The zero-order chi connectivity index (χ0) is 14.4. The zero-order valence-electron chi connectivity index (χ0n) is 12.5. The van der Waals surface area contributed by atoms with E-state index in [1.807, 2.05) is 0 Å². The molecule has 0 N–H and O–H groups in total. The molecule has 104 valence electrons. The van der Waals surface area contributed by atoms with E-state index in [9.17, 15) is 0 Å². The van der Waals surface area contributed by atoms with Crippen LogP contribution in [0.25, 0.3) is 0 Å². The van der Waals surface area contributed by atoms with Crippen LogP contribution in [-0.4, -0.2) is 13.6 Å². The van der Waals surface area contributed by atoms with E-state index in [4.69, 9.17) is 0 Å². The molecule has 0 spiro atoms. The minimum absolute atomic E-state index is 0.905. The SMILES string of the molecule is C=C(C)CN(C)c1ccccc1CCc1ccccc1.